The Balaban J connectivity index is 2.49. The third kappa shape index (κ3) is 3.42. The summed E-state index contributed by atoms with van der Waals surface area (Å²) in [4.78, 5) is 10.2. The highest BCUT2D eigenvalue weighted by Crippen LogP contribution is 2.15. The van der Waals surface area contributed by atoms with Gasteiger partial charge in [-0.2, -0.15) is 5.10 Å². The molecule has 74 valence electrons. The Hall–Kier alpha value is -1.10. The van der Waals surface area contributed by atoms with Gasteiger partial charge in [-0.25, -0.2) is 10.2 Å². The zero-order valence-electron chi connectivity index (χ0n) is 7.78. The minimum Gasteiger partial charge on any atom is -0.464 e. The standard InChI is InChI=1S/C8H14N2O3/c1-5-3-7(4-6(2)13-5)9-10-8(11)12/h5-6,10H,3-4H2,1-2H3,(H,11,12). The van der Waals surface area contributed by atoms with E-state index in [-0.39, 0.29) is 12.2 Å². The number of nitrogens with zero attached hydrogens (tertiary/aromatic N) is 1. The molecule has 5 nitrogen and oxygen atoms in total. The zero-order chi connectivity index (χ0) is 9.84. The van der Waals surface area contributed by atoms with Crippen molar-refractivity contribution in [3.05, 3.63) is 0 Å². The Morgan fingerprint density at radius 3 is 2.54 bits per heavy atom. The number of nitrogens with one attached hydrogen (secondary N) is 1. The van der Waals surface area contributed by atoms with Crippen molar-refractivity contribution in [3.8, 4) is 0 Å². The molecule has 1 aliphatic heterocycles. The molecule has 5 heteroatoms. The normalized spacial score (nSPS) is 28.3. The molecule has 13 heavy (non-hydrogen) atoms. The van der Waals surface area contributed by atoms with Crippen molar-refractivity contribution in [2.24, 2.45) is 5.10 Å². The predicted octanol–water partition coefficient (Wildman–Crippen LogP) is 1.20. The molecule has 0 aromatic heterocycles. The van der Waals surface area contributed by atoms with Crippen LogP contribution in [0.25, 0.3) is 0 Å². The summed E-state index contributed by atoms with van der Waals surface area (Å²) in [6.45, 7) is 3.90. The van der Waals surface area contributed by atoms with E-state index in [1.54, 1.807) is 0 Å². The minimum absolute atomic E-state index is 0.123. The second-order valence-electron chi connectivity index (χ2n) is 3.26. The van der Waals surface area contributed by atoms with E-state index in [2.05, 4.69) is 5.10 Å². The number of hydrazone groups is 1. The molecule has 1 heterocycles. The van der Waals surface area contributed by atoms with Gasteiger partial charge in [-0.05, 0) is 13.8 Å². The lowest BCUT2D eigenvalue weighted by Crippen LogP contribution is -2.31. The summed E-state index contributed by atoms with van der Waals surface area (Å²) in [5, 5.41) is 12.1. The van der Waals surface area contributed by atoms with Gasteiger partial charge in [-0.15, -0.1) is 0 Å². The van der Waals surface area contributed by atoms with Crippen molar-refractivity contribution in [3.63, 3.8) is 0 Å². The van der Waals surface area contributed by atoms with Crippen LogP contribution in [0.3, 0.4) is 0 Å². The van der Waals surface area contributed by atoms with E-state index in [4.69, 9.17) is 9.84 Å². The summed E-state index contributed by atoms with van der Waals surface area (Å²) in [5.41, 5.74) is 2.86. The first-order chi connectivity index (χ1) is 6.08. The maximum absolute atomic E-state index is 10.2. The molecule has 0 aromatic carbocycles. The minimum atomic E-state index is -1.13. The van der Waals surface area contributed by atoms with Gasteiger partial charge in [0.1, 0.15) is 0 Å². The van der Waals surface area contributed by atoms with Crippen molar-refractivity contribution in [2.45, 2.75) is 38.9 Å². The molecule has 0 saturated carbocycles. The van der Waals surface area contributed by atoms with E-state index in [0.29, 0.717) is 12.8 Å². The molecule has 2 N–H and O–H groups in total. The molecule has 1 fully saturated rings. The van der Waals surface area contributed by atoms with Crippen LogP contribution < -0.4 is 5.43 Å². The number of amides is 1. The fraction of sp³-hybridized carbons (Fsp3) is 0.750. The van der Waals surface area contributed by atoms with Crippen LogP contribution in [0, 0.1) is 0 Å². The van der Waals surface area contributed by atoms with Crippen LogP contribution in [-0.2, 0) is 4.74 Å². The van der Waals surface area contributed by atoms with Gasteiger partial charge >= 0.3 is 6.09 Å². The lowest BCUT2D eigenvalue weighted by molar-refractivity contribution is 0.00357. The van der Waals surface area contributed by atoms with Crippen LogP contribution in [0.5, 0.6) is 0 Å². The fourth-order valence-corrected chi connectivity index (χ4v) is 1.46. The number of hydrogen-bond donors (Lipinski definition) is 2. The van der Waals surface area contributed by atoms with Gasteiger partial charge in [-0.3, -0.25) is 0 Å². The maximum atomic E-state index is 10.2. The summed E-state index contributed by atoms with van der Waals surface area (Å²) in [6, 6.07) is 0. The fourth-order valence-electron chi connectivity index (χ4n) is 1.46. The van der Waals surface area contributed by atoms with Crippen LogP contribution in [0.4, 0.5) is 4.79 Å². The van der Waals surface area contributed by atoms with Crippen LogP contribution in [0.1, 0.15) is 26.7 Å². The van der Waals surface area contributed by atoms with Gasteiger partial charge < -0.3 is 9.84 Å². The van der Waals surface area contributed by atoms with Crippen molar-refractivity contribution < 1.29 is 14.6 Å². The molecule has 2 atom stereocenters. The number of hydrogen-bond acceptors (Lipinski definition) is 3. The highest BCUT2D eigenvalue weighted by atomic mass is 16.5. The summed E-state index contributed by atoms with van der Waals surface area (Å²) >= 11 is 0. The van der Waals surface area contributed by atoms with Crippen molar-refractivity contribution in [1.82, 2.24) is 5.43 Å². The molecule has 2 unspecified atom stereocenters. The molecule has 0 radical (unpaired) electrons. The average Bonchev–Trinajstić information content (AvgIpc) is 1.99. The third-order valence-electron chi connectivity index (χ3n) is 1.82. The molecule has 0 bridgehead atoms. The van der Waals surface area contributed by atoms with Gasteiger partial charge in [0.25, 0.3) is 0 Å². The lowest BCUT2D eigenvalue weighted by atomic mass is 10.0. The summed E-state index contributed by atoms with van der Waals surface area (Å²) in [7, 11) is 0. The van der Waals surface area contributed by atoms with E-state index in [1.807, 2.05) is 19.3 Å². The Morgan fingerprint density at radius 2 is 2.08 bits per heavy atom. The Morgan fingerprint density at radius 1 is 1.54 bits per heavy atom. The van der Waals surface area contributed by atoms with E-state index in [1.165, 1.54) is 0 Å². The summed E-state index contributed by atoms with van der Waals surface area (Å²) in [5.74, 6) is 0. The first kappa shape index (κ1) is 9.98. The number of rotatable bonds is 1. The van der Waals surface area contributed by atoms with Crippen molar-refractivity contribution >= 4 is 11.8 Å². The molecule has 1 saturated heterocycles. The highest BCUT2D eigenvalue weighted by molar-refractivity contribution is 5.86. The largest absolute Gasteiger partial charge is 0.464 e. The van der Waals surface area contributed by atoms with E-state index in [0.717, 1.165) is 5.71 Å². The molecule has 0 aromatic rings. The van der Waals surface area contributed by atoms with Crippen LogP contribution >= 0.6 is 0 Å². The number of carbonyl (C=O) groups is 1. The molecular weight excluding hydrogens is 172 g/mol. The van der Waals surface area contributed by atoms with Gasteiger partial charge in [-0.1, -0.05) is 0 Å². The Kier molecular flexibility index (Phi) is 3.25. The SMILES string of the molecule is CC1CC(=NNC(=O)O)CC(C)O1. The molecule has 1 aliphatic rings. The lowest BCUT2D eigenvalue weighted by Gasteiger charge is -2.26. The summed E-state index contributed by atoms with van der Waals surface area (Å²) in [6.07, 6.45) is 0.519. The second-order valence-corrected chi connectivity index (χ2v) is 3.26. The van der Waals surface area contributed by atoms with Gasteiger partial charge in [0.15, 0.2) is 0 Å². The highest BCUT2D eigenvalue weighted by Gasteiger charge is 2.20. The first-order valence-electron chi connectivity index (χ1n) is 4.27. The van der Waals surface area contributed by atoms with Crippen molar-refractivity contribution in [1.29, 1.82) is 0 Å². The van der Waals surface area contributed by atoms with Crippen molar-refractivity contribution in [2.75, 3.05) is 0 Å². The number of carboxylic acid groups (broad SMARTS) is 1. The molecule has 1 rings (SSSR count). The first-order valence-corrected chi connectivity index (χ1v) is 4.27. The smallest absolute Gasteiger partial charge is 0.425 e. The Bertz CT molecular complexity index is 215. The van der Waals surface area contributed by atoms with Crippen LogP contribution in [0.2, 0.25) is 0 Å². The second kappa shape index (κ2) is 4.23. The zero-order valence-corrected chi connectivity index (χ0v) is 7.78. The molecule has 1 amide bonds. The Labute approximate surface area is 76.8 Å². The molecule has 0 spiro atoms. The molecular formula is C8H14N2O3. The van der Waals surface area contributed by atoms with E-state index in [9.17, 15) is 4.79 Å². The van der Waals surface area contributed by atoms with Crippen LogP contribution in [0.15, 0.2) is 5.10 Å². The maximum Gasteiger partial charge on any atom is 0.425 e. The average molecular weight is 186 g/mol. The van der Waals surface area contributed by atoms with E-state index >= 15 is 0 Å². The van der Waals surface area contributed by atoms with Gasteiger partial charge in [0.2, 0.25) is 0 Å². The summed E-state index contributed by atoms with van der Waals surface area (Å²) < 4.78 is 5.47. The van der Waals surface area contributed by atoms with Crippen LogP contribution in [-0.4, -0.2) is 29.1 Å². The van der Waals surface area contributed by atoms with Gasteiger partial charge in [0, 0.05) is 18.6 Å². The quantitative estimate of drug-likeness (QED) is 0.604. The predicted molar refractivity (Wildman–Crippen MR) is 47.8 cm³/mol. The topological polar surface area (TPSA) is 70.9 Å². The molecule has 0 aliphatic carbocycles. The monoisotopic (exact) mass is 186 g/mol. The third-order valence-corrected chi connectivity index (χ3v) is 1.82. The number of ether oxygens (including phenoxy) is 1. The van der Waals surface area contributed by atoms with E-state index < -0.39 is 6.09 Å². The van der Waals surface area contributed by atoms with Gasteiger partial charge in [0.05, 0.1) is 12.2 Å².